The predicted molar refractivity (Wildman–Crippen MR) is 83.3 cm³/mol. The molecular formula is C15H24N2OS. The summed E-state index contributed by atoms with van der Waals surface area (Å²) in [7, 11) is 1.70. The number of rotatable bonds is 8. The van der Waals surface area contributed by atoms with Crippen molar-refractivity contribution in [2.75, 3.05) is 12.9 Å². The molecule has 0 atom stereocenters. The van der Waals surface area contributed by atoms with Crippen LogP contribution in [0.2, 0.25) is 0 Å². The first kappa shape index (κ1) is 15.9. The van der Waals surface area contributed by atoms with Crippen molar-refractivity contribution in [2.45, 2.75) is 38.0 Å². The van der Waals surface area contributed by atoms with E-state index >= 15 is 0 Å². The number of thioether (sulfide) groups is 1. The van der Waals surface area contributed by atoms with Gasteiger partial charge in [-0.05, 0) is 30.7 Å². The second-order valence-electron chi connectivity index (χ2n) is 5.25. The minimum Gasteiger partial charge on any atom is -0.496 e. The van der Waals surface area contributed by atoms with Gasteiger partial charge in [0.15, 0.2) is 0 Å². The van der Waals surface area contributed by atoms with E-state index in [0.717, 1.165) is 30.8 Å². The Morgan fingerprint density at radius 3 is 2.63 bits per heavy atom. The van der Waals surface area contributed by atoms with Crippen LogP contribution in [0, 0.1) is 10.8 Å². The Morgan fingerprint density at radius 2 is 2.00 bits per heavy atom. The van der Waals surface area contributed by atoms with Gasteiger partial charge in [0.2, 0.25) is 0 Å². The fourth-order valence-electron chi connectivity index (χ4n) is 1.72. The summed E-state index contributed by atoms with van der Waals surface area (Å²) in [5.74, 6) is 2.29. The highest BCUT2D eigenvalue weighted by molar-refractivity contribution is 7.99. The number of unbranched alkanes of at least 4 members (excludes halogenated alkanes) is 1. The van der Waals surface area contributed by atoms with Crippen molar-refractivity contribution in [3.05, 3.63) is 24.3 Å². The molecule has 19 heavy (non-hydrogen) atoms. The van der Waals surface area contributed by atoms with Crippen molar-refractivity contribution in [3.63, 3.8) is 0 Å². The second-order valence-corrected chi connectivity index (χ2v) is 6.39. The van der Waals surface area contributed by atoms with Gasteiger partial charge in [-0.15, -0.1) is 11.8 Å². The number of nitrogens with two attached hydrogens (primary N) is 1. The summed E-state index contributed by atoms with van der Waals surface area (Å²) >= 11 is 1.82. The zero-order chi connectivity index (χ0) is 14.3. The number of nitrogens with one attached hydrogen (secondary N) is 1. The van der Waals surface area contributed by atoms with E-state index in [2.05, 4.69) is 6.07 Å². The van der Waals surface area contributed by atoms with Crippen molar-refractivity contribution in [3.8, 4) is 5.75 Å². The molecule has 1 aromatic carbocycles. The summed E-state index contributed by atoms with van der Waals surface area (Å²) < 4.78 is 5.32. The van der Waals surface area contributed by atoms with Crippen molar-refractivity contribution >= 4 is 17.6 Å². The van der Waals surface area contributed by atoms with Crippen LogP contribution in [0.25, 0.3) is 0 Å². The average Bonchev–Trinajstić information content (AvgIpc) is 2.38. The van der Waals surface area contributed by atoms with Gasteiger partial charge in [0.05, 0.1) is 12.9 Å². The highest BCUT2D eigenvalue weighted by atomic mass is 32.2. The molecule has 0 aliphatic heterocycles. The van der Waals surface area contributed by atoms with Gasteiger partial charge in [-0.1, -0.05) is 32.4 Å². The number of hydrogen-bond acceptors (Lipinski definition) is 3. The summed E-state index contributed by atoms with van der Waals surface area (Å²) in [5.41, 5.74) is 5.40. The molecule has 0 unspecified atom stereocenters. The topological polar surface area (TPSA) is 59.1 Å². The van der Waals surface area contributed by atoms with E-state index in [1.54, 1.807) is 7.11 Å². The molecule has 1 aromatic rings. The number of ether oxygens (including phenoxy) is 1. The van der Waals surface area contributed by atoms with Crippen LogP contribution in [-0.2, 0) is 0 Å². The van der Waals surface area contributed by atoms with Crippen LogP contribution in [0.4, 0.5) is 0 Å². The first-order valence-corrected chi connectivity index (χ1v) is 7.56. The monoisotopic (exact) mass is 280 g/mol. The zero-order valence-corrected chi connectivity index (χ0v) is 12.8. The quantitative estimate of drug-likeness (QED) is 0.328. The standard InChI is InChI=1S/C15H24N2OS/c1-15(2,14(16)17)10-6-7-11-19-13-9-5-4-8-12(13)18-3/h4-5,8-9H,6-7,10-11H2,1-3H3,(H3,16,17). The molecule has 106 valence electrons. The van der Waals surface area contributed by atoms with E-state index < -0.39 is 0 Å². The minimum absolute atomic E-state index is 0.172. The van der Waals surface area contributed by atoms with E-state index in [1.807, 2.05) is 43.8 Å². The lowest BCUT2D eigenvalue weighted by Gasteiger charge is -2.22. The Hall–Kier alpha value is -1.16. The van der Waals surface area contributed by atoms with Crippen LogP contribution in [0.3, 0.4) is 0 Å². The van der Waals surface area contributed by atoms with Gasteiger partial charge in [0.25, 0.3) is 0 Å². The SMILES string of the molecule is COc1ccccc1SCCCCC(C)(C)C(=N)N. The Kier molecular flexibility index (Phi) is 6.22. The smallest absolute Gasteiger partial charge is 0.132 e. The third-order valence-corrected chi connectivity index (χ3v) is 4.39. The highest BCUT2D eigenvalue weighted by Gasteiger charge is 2.20. The van der Waals surface area contributed by atoms with Crippen LogP contribution in [0.15, 0.2) is 29.2 Å². The Morgan fingerprint density at radius 1 is 1.32 bits per heavy atom. The molecule has 0 spiro atoms. The van der Waals surface area contributed by atoms with Crippen molar-refractivity contribution in [1.82, 2.24) is 0 Å². The maximum Gasteiger partial charge on any atom is 0.132 e. The molecule has 0 aromatic heterocycles. The molecule has 0 fully saturated rings. The van der Waals surface area contributed by atoms with Crippen molar-refractivity contribution in [2.24, 2.45) is 11.1 Å². The Bertz CT molecular complexity index is 418. The molecule has 0 saturated heterocycles. The molecular weight excluding hydrogens is 256 g/mol. The minimum atomic E-state index is -0.172. The van der Waals surface area contributed by atoms with Crippen LogP contribution in [0.1, 0.15) is 33.1 Å². The highest BCUT2D eigenvalue weighted by Crippen LogP contribution is 2.30. The first-order chi connectivity index (χ1) is 8.97. The third-order valence-electron chi connectivity index (χ3n) is 3.25. The van der Waals surface area contributed by atoms with Gasteiger partial charge < -0.3 is 10.5 Å². The Labute approximate surface area is 120 Å². The van der Waals surface area contributed by atoms with Gasteiger partial charge in [-0.25, -0.2) is 0 Å². The van der Waals surface area contributed by atoms with Crippen LogP contribution < -0.4 is 10.5 Å². The molecule has 0 bridgehead atoms. The number of amidine groups is 1. The van der Waals surface area contributed by atoms with Crippen LogP contribution in [0.5, 0.6) is 5.75 Å². The third kappa shape index (κ3) is 5.15. The lowest BCUT2D eigenvalue weighted by Crippen LogP contribution is -2.30. The molecule has 0 aliphatic rings. The predicted octanol–water partition coefficient (Wildman–Crippen LogP) is 3.92. The maximum absolute atomic E-state index is 7.52. The fourth-order valence-corrected chi connectivity index (χ4v) is 2.76. The van der Waals surface area contributed by atoms with Gasteiger partial charge in [0.1, 0.15) is 5.75 Å². The summed E-state index contributed by atoms with van der Waals surface area (Å²) in [6.45, 7) is 4.06. The molecule has 0 amide bonds. The largest absolute Gasteiger partial charge is 0.496 e. The summed E-state index contributed by atoms with van der Waals surface area (Å²) in [6.07, 6.45) is 3.18. The van der Waals surface area contributed by atoms with Gasteiger partial charge >= 0.3 is 0 Å². The average molecular weight is 280 g/mol. The summed E-state index contributed by atoms with van der Waals surface area (Å²) in [5, 5.41) is 7.52. The molecule has 0 aliphatic carbocycles. The van der Waals surface area contributed by atoms with Gasteiger partial charge in [-0.2, -0.15) is 0 Å². The van der Waals surface area contributed by atoms with Gasteiger partial charge in [-0.3, -0.25) is 5.41 Å². The number of methoxy groups -OCH3 is 1. The van der Waals surface area contributed by atoms with Crippen LogP contribution in [-0.4, -0.2) is 18.7 Å². The fraction of sp³-hybridized carbons (Fsp3) is 0.533. The van der Waals surface area contributed by atoms with Crippen molar-refractivity contribution < 1.29 is 4.74 Å². The zero-order valence-electron chi connectivity index (χ0n) is 12.0. The Balaban J connectivity index is 2.30. The number of benzene rings is 1. The van der Waals surface area contributed by atoms with Crippen molar-refractivity contribution in [1.29, 1.82) is 5.41 Å². The molecule has 3 nitrogen and oxygen atoms in total. The first-order valence-electron chi connectivity index (χ1n) is 6.57. The second kappa shape index (κ2) is 7.43. The summed E-state index contributed by atoms with van der Waals surface area (Å²) in [4.78, 5) is 1.19. The lowest BCUT2D eigenvalue weighted by atomic mass is 9.86. The molecule has 0 heterocycles. The normalized spacial score (nSPS) is 11.3. The van der Waals surface area contributed by atoms with E-state index in [-0.39, 0.29) is 11.3 Å². The molecule has 0 saturated carbocycles. The molecule has 0 radical (unpaired) electrons. The van der Waals surface area contributed by atoms with Gasteiger partial charge in [0, 0.05) is 10.3 Å². The van der Waals surface area contributed by atoms with E-state index in [4.69, 9.17) is 15.9 Å². The molecule has 4 heteroatoms. The summed E-state index contributed by atoms with van der Waals surface area (Å²) in [6, 6.07) is 8.09. The van der Waals surface area contributed by atoms with E-state index in [0.29, 0.717) is 0 Å². The van der Waals surface area contributed by atoms with E-state index in [1.165, 1.54) is 4.90 Å². The maximum atomic E-state index is 7.52. The lowest BCUT2D eigenvalue weighted by molar-refractivity contribution is 0.405. The number of para-hydroxylation sites is 1. The van der Waals surface area contributed by atoms with Crippen LogP contribution >= 0.6 is 11.8 Å². The molecule has 1 rings (SSSR count). The van der Waals surface area contributed by atoms with E-state index in [9.17, 15) is 0 Å². The number of hydrogen-bond donors (Lipinski definition) is 2. The molecule has 3 N–H and O–H groups in total.